The van der Waals surface area contributed by atoms with Gasteiger partial charge in [0, 0.05) is 29.0 Å². The van der Waals surface area contributed by atoms with E-state index in [4.69, 9.17) is 0 Å². The van der Waals surface area contributed by atoms with Crippen LogP contribution >= 0.6 is 31.9 Å². The highest BCUT2D eigenvalue weighted by Crippen LogP contribution is 2.18. The van der Waals surface area contributed by atoms with Gasteiger partial charge in [-0.15, -0.1) is 0 Å². The lowest BCUT2D eigenvalue weighted by Gasteiger charge is -2.18. The molecule has 2 rings (SSSR count). The zero-order valence-electron chi connectivity index (χ0n) is 11.1. The van der Waals surface area contributed by atoms with Crippen molar-refractivity contribution in [3.05, 3.63) is 69.7 Å². The fourth-order valence-corrected chi connectivity index (χ4v) is 2.69. The topological polar surface area (TPSA) is 20.3 Å². The second kappa shape index (κ2) is 7.04. The molecule has 0 aliphatic heterocycles. The van der Waals surface area contributed by atoms with Gasteiger partial charge in [0.05, 0.1) is 0 Å². The predicted molar refractivity (Wildman–Crippen MR) is 89.0 cm³/mol. The average molecular weight is 397 g/mol. The summed E-state index contributed by atoms with van der Waals surface area (Å²) in [5.74, 6) is 0.0295. The molecule has 0 spiro atoms. The van der Waals surface area contributed by atoms with Gasteiger partial charge in [0.25, 0.3) is 5.91 Å². The molecule has 0 atom stereocenters. The third-order valence-corrected chi connectivity index (χ3v) is 4.49. The van der Waals surface area contributed by atoms with Crippen LogP contribution < -0.4 is 0 Å². The third kappa shape index (κ3) is 3.70. The molecule has 2 aromatic rings. The standard InChI is InChI=1S/C16H15Br2NO/c1-19(11-14-4-2-3-5-15(14)18)16(20)13-8-6-12(10-17)7-9-13/h2-9H,10-11H2,1H3. The Morgan fingerprint density at radius 1 is 1.10 bits per heavy atom. The molecule has 0 radical (unpaired) electrons. The Morgan fingerprint density at radius 2 is 1.75 bits per heavy atom. The molecule has 0 aromatic heterocycles. The molecule has 0 aliphatic rings. The van der Waals surface area contributed by atoms with E-state index in [1.165, 1.54) is 0 Å². The highest BCUT2D eigenvalue weighted by Gasteiger charge is 2.12. The smallest absolute Gasteiger partial charge is 0.253 e. The number of alkyl halides is 1. The molecule has 0 fully saturated rings. The first kappa shape index (κ1) is 15.3. The van der Waals surface area contributed by atoms with E-state index in [0.29, 0.717) is 12.1 Å². The fraction of sp³-hybridized carbons (Fsp3) is 0.188. The zero-order valence-corrected chi connectivity index (χ0v) is 14.3. The van der Waals surface area contributed by atoms with Gasteiger partial charge in [0.15, 0.2) is 0 Å². The van der Waals surface area contributed by atoms with E-state index in [-0.39, 0.29) is 5.91 Å². The summed E-state index contributed by atoms with van der Waals surface area (Å²) in [6.07, 6.45) is 0. The lowest BCUT2D eigenvalue weighted by atomic mass is 10.1. The van der Waals surface area contributed by atoms with Gasteiger partial charge in [0.1, 0.15) is 0 Å². The van der Waals surface area contributed by atoms with Crippen molar-refractivity contribution in [2.24, 2.45) is 0 Å². The number of halogens is 2. The van der Waals surface area contributed by atoms with Crippen LogP contribution in [0.15, 0.2) is 53.0 Å². The Bertz CT molecular complexity index is 596. The predicted octanol–water partition coefficient (Wildman–Crippen LogP) is 4.62. The number of hydrogen-bond acceptors (Lipinski definition) is 1. The molecular formula is C16H15Br2NO. The second-order valence-corrected chi connectivity index (χ2v) is 6.00. The van der Waals surface area contributed by atoms with E-state index in [0.717, 1.165) is 20.9 Å². The summed E-state index contributed by atoms with van der Waals surface area (Å²) in [7, 11) is 1.82. The zero-order chi connectivity index (χ0) is 14.5. The minimum atomic E-state index is 0.0295. The van der Waals surface area contributed by atoms with Gasteiger partial charge < -0.3 is 4.90 Å². The number of nitrogens with zero attached hydrogens (tertiary/aromatic N) is 1. The first-order valence-electron chi connectivity index (χ1n) is 6.25. The van der Waals surface area contributed by atoms with Crippen LogP contribution in [-0.2, 0) is 11.9 Å². The molecule has 20 heavy (non-hydrogen) atoms. The molecule has 0 saturated heterocycles. The summed E-state index contributed by atoms with van der Waals surface area (Å²) >= 11 is 6.91. The summed E-state index contributed by atoms with van der Waals surface area (Å²) in [6.45, 7) is 0.584. The minimum Gasteiger partial charge on any atom is -0.337 e. The monoisotopic (exact) mass is 395 g/mol. The minimum absolute atomic E-state index is 0.0295. The number of rotatable bonds is 4. The van der Waals surface area contributed by atoms with Crippen LogP contribution in [0.5, 0.6) is 0 Å². The Labute approximate surface area is 136 Å². The summed E-state index contributed by atoms with van der Waals surface area (Å²) in [5.41, 5.74) is 2.97. The molecule has 104 valence electrons. The van der Waals surface area contributed by atoms with E-state index >= 15 is 0 Å². The number of amides is 1. The first-order valence-corrected chi connectivity index (χ1v) is 8.17. The Kier molecular flexibility index (Phi) is 5.38. The maximum absolute atomic E-state index is 12.4. The van der Waals surface area contributed by atoms with Gasteiger partial charge in [-0.2, -0.15) is 0 Å². The molecule has 2 nitrogen and oxygen atoms in total. The van der Waals surface area contributed by atoms with Crippen molar-refractivity contribution >= 4 is 37.8 Å². The van der Waals surface area contributed by atoms with E-state index in [9.17, 15) is 4.79 Å². The van der Waals surface area contributed by atoms with E-state index in [2.05, 4.69) is 31.9 Å². The second-order valence-electron chi connectivity index (χ2n) is 4.58. The van der Waals surface area contributed by atoms with Crippen LogP contribution in [0, 0.1) is 0 Å². The van der Waals surface area contributed by atoms with E-state index in [1.807, 2.05) is 55.6 Å². The van der Waals surface area contributed by atoms with E-state index in [1.54, 1.807) is 4.90 Å². The van der Waals surface area contributed by atoms with Gasteiger partial charge in [-0.3, -0.25) is 4.79 Å². The van der Waals surface area contributed by atoms with Crippen molar-refractivity contribution in [2.75, 3.05) is 7.05 Å². The van der Waals surface area contributed by atoms with Crippen molar-refractivity contribution in [1.29, 1.82) is 0 Å². The summed E-state index contributed by atoms with van der Waals surface area (Å²) in [6, 6.07) is 15.6. The van der Waals surface area contributed by atoms with Gasteiger partial charge in [-0.05, 0) is 29.3 Å². The quantitative estimate of drug-likeness (QED) is 0.690. The summed E-state index contributed by atoms with van der Waals surface area (Å²) in [5, 5.41) is 0.800. The Hall–Kier alpha value is -1.13. The molecular weight excluding hydrogens is 382 g/mol. The largest absolute Gasteiger partial charge is 0.337 e. The van der Waals surface area contributed by atoms with Crippen molar-refractivity contribution in [1.82, 2.24) is 4.90 Å². The lowest BCUT2D eigenvalue weighted by molar-refractivity contribution is 0.0785. The van der Waals surface area contributed by atoms with Crippen molar-refractivity contribution < 1.29 is 4.79 Å². The van der Waals surface area contributed by atoms with Crippen molar-refractivity contribution in [3.8, 4) is 0 Å². The SMILES string of the molecule is CN(Cc1ccccc1Br)C(=O)c1ccc(CBr)cc1. The molecule has 0 aliphatic carbocycles. The normalized spacial score (nSPS) is 10.3. The number of carbonyl (C=O) groups is 1. The van der Waals surface area contributed by atoms with Gasteiger partial charge in [-0.25, -0.2) is 0 Å². The van der Waals surface area contributed by atoms with Crippen LogP contribution in [-0.4, -0.2) is 17.9 Å². The van der Waals surface area contributed by atoms with Crippen molar-refractivity contribution in [2.45, 2.75) is 11.9 Å². The van der Waals surface area contributed by atoms with Crippen LogP contribution in [0.1, 0.15) is 21.5 Å². The average Bonchev–Trinajstić information content (AvgIpc) is 2.49. The summed E-state index contributed by atoms with van der Waals surface area (Å²) in [4.78, 5) is 14.1. The van der Waals surface area contributed by atoms with Crippen LogP contribution in [0.4, 0.5) is 0 Å². The molecule has 1 amide bonds. The number of carbonyl (C=O) groups excluding carboxylic acids is 1. The summed E-state index contributed by atoms with van der Waals surface area (Å²) < 4.78 is 1.02. The van der Waals surface area contributed by atoms with Crippen LogP contribution in [0.25, 0.3) is 0 Å². The molecule has 4 heteroatoms. The Morgan fingerprint density at radius 3 is 2.35 bits per heavy atom. The molecule has 0 unspecified atom stereocenters. The Balaban J connectivity index is 2.10. The fourth-order valence-electron chi connectivity index (χ4n) is 1.91. The molecule has 2 aromatic carbocycles. The van der Waals surface area contributed by atoms with E-state index < -0.39 is 0 Å². The molecule has 0 N–H and O–H groups in total. The van der Waals surface area contributed by atoms with Crippen LogP contribution in [0.3, 0.4) is 0 Å². The molecule has 0 bridgehead atoms. The van der Waals surface area contributed by atoms with Crippen LogP contribution in [0.2, 0.25) is 0 Å². The third-order valence-electron chi connectivity index (χ3n) is 3.07. The lowest BCUT2D eigenvalue weighted by Crippen LogP contribution is -2.26. The van der Waals surface area contributed by atoms with Gasteiger partial charge >= 0.3 is 0 Å². The van der Waals surface area contributed by atoms with Gasteiger partial charge in [0.2, 0.25) is 0 Å². The highest BCUT2D eigenvalue weighted by molar-refractivity contribution is 9.10. The first-order chi connectivity index (χ1) is 9.61. The maximum Gasteiger partial charge on any atom is 0.253 e. The highest BCUT2D eigenvalue weighted by atomic mass is 79.9. The van der Waals surface area contributed by atoms with Crippen molar-refractivity contribution in [3.63, 3.8) is 0 Å². The molecule has 0 heterocycles. The number of hydrogen-bond donors (Lipinski definition) is 0. The maximum atomic E-state index is 12.4. The molecule has 0 saturated carbocycles. The van der Waals surface area contributed by atoms with Gasteiger partial charge in [-0.1, -0.05) is 62.2 Å². The number of benzene rings is 2.